The summed E-state index contributed by atoms with van der Waals surface area (Å²) in [6.07, 6.45) is 8.14. The second kappa shape index (κ2) is 6.30. The van der Waals surface area contributed by atoms with Gasteiger partial charge in [0.25, 0.3) is 0 Å². The summed E-state index contributed by atoms with van der Waals surface area (Å²) in [6, 6.07) is 0. The fraction of sp³-hybridized carbons (Fsp3) is 1.00. The van der Waals surface area contributed by atoms with Gasteiger partial charge in [0.2, 0.25) is 0 Å². The van der Waals surface area contributed by atoms with E-state index in [1.54, 1.807) is 0 Å². The summed E-state index contributed by atoms with van der Waals surface area (Å²) in [4.78, 5) is 0. The summed E-state index contributed by atoms with van der Waals surface area (Å²) in [5, 5.41) is 43.0. The molecule has 0 bridgehead atoms. The fourth-order valence-electron chi connectivity index (χ4n) is 8.91. The minimum atomic E-state index is -0.774. The van der Waals surface area contributed by atoms with Gasteiger partial charge in [-0.05, 0) is 89.9 Å². The standard InChI is InChI=1S/2C13H22O3/c2*1-9(2)12(15)8-7-11(14)5-4-6-13(11)10(12,3)16-13/h2*9,14-15H,4-8H2,1-3H3/t2*10-,11+,12+,13-/m10/s1. The lowest BCUT2D eigenvalue weighted by molar-refractivity contribution is -0.117. The molecule has 184 valence electrons. The maximum atomic E-state index is 10.8. The molecule has 2 spiro atoms. The molecule has 2 heterocycles. The van der Waals surface area contributed by atoms with Gasteiger partial charge in [-0.15, -0.1) is 0 Å². The van der Waals surface area contributed by atoms with Crippen LogP contribution < -0.4 is 0 Å². The average molecular weight is 453 g/mol. The molecule has 6 nitrogen and oxygen atoms in total. The summed E-state index contributed by atoms with van der Waals surface area (Å²) in [7, 11) is 0. The van der Waals surface area contributed by atoms with E-state index in [1.165, 1.54) is 0 Å². The lowest BCUT2D eigenvalue weighted by Crippen LogP contribution is -2.61. The number of rotatable bonds is 2. The quantitative estimate of drug-likeness (QED) is 0.480. The van der Waals surface area contributed by atoms with Crippen LogP contribution in [-0.4, -0.2) is 65.2 Å². The van der Waals surface area contributed by atoms with Crippen LogP contribution in [0.5, 0.6) is 0 Å². The smallest absolute Gasteiger partial charge is 0.129 e. The van der Waals surface area contributed by atoms with E-state index in [0.29, 0.717) is 25.7 Å². The number of epoxide rings is 2. The van der Waals surface area contributed by atoms with Crippen molar-refractivity contribution in [3.63, 3.8) is 0 Å². The van der Waals surface area contributed by atoms with Gasteiger partial charge in [0.15, 0.2) is 0 Å². The van der Waals surface area contributed by atoms with Crippen LogP contribution in [0.2, 0.25) is 0 Å². The van der Waals surface area contributed by atoms with Crippen molar-refractivity contribution in [3.05, 3.63) is 0 Å². The summed E-state index contributed by atoms with van der Waals surface area (Å²) < 4.78 is 11.9. The SMILES string of the molecule is CC(C)[C@@]1(O)CC[C@@]2(O)CCC[C@]23O[C@@]31C.CC(C)[C@]1(O)CC[C@]2(O)CCC[C@@]23O[C@]31C. The third-order valence-corrected chi connectivity index (χ3v) is 11.4. The van der Waals surface area contributed by atoms with Crippen LogP contribution in [0.15, 0.2) is 0 Å². The Morgan fingerprint density at radius 3 is 1.19 bits per heavy atom. The van der Waals surface area contributed by atoms with E-state index in [0.717, 1.165) is 38.5 Å². The van der Waals surface area contributed by atoms with Gasteiger partial charge >= 0.3 is 0 Å². The Hall–Kier alpha value is -0.240. The maximum absolute atomic E-state index is 10.8. The van der Waals surface area contributed by atoms with Crippen molar-refractivity contribution >= 4 is 0 Å². The molecule has 0 aromatic rings. The van der Waals surface area contributed by atoms with Crippen molar-refractivity contribution in [3.8, 4) is 0 Å². The summed E-state index contributed by atoms with van der Waals surface area (Å²) >= 11 is 0. The van der Waals surface area contributed by atoms with Crippen LogP contribution in [0, 0.1) is 11.8 Å². The molecule has 4 N–H and O–H groups in total. The molecule has 4 aliphatic carbocycles. The highest BCUT2D eigenvalue weighted by molar-refractivity contribution is 5.36. The number of aliphatic hydroxyl groups is 4. The Balaban J connectivity index is 0.000000135. The number of hydrogen-bond acceptors (Lipinski definition) is 6. The molecule has 0 aromatic heterocycles. The van der Waals surface area contributed by atoms with Crippen LogP contribution >= 0.6 is 0 Å². The summed E-state index contributed by atoms with van der Waals surface area (Å²) in [5.41, 5.74) is -4.86. The van der Waals surface area contributed by atoms with Crippen molar-refractivity contribution in [2.24, 2.45) is 11.8 Å². The van der Waals surface area contributed by atoms with E-state index in [4.69, 9.17) is 9.47 Å². The Morgan fingerprint density at radius 2 is 0.875 bits per heavy atom. The fourth-order valence-corrected chi connectivity index (χ4v) is 8.91. The zero-order chi connectivity index (χ0) is 23.6. The van der Waals surface area contributed by atoms with Crippen LogP contribution in [0.1, 0.15) is 106 Å². The van der Waals surface area contributed by atoms with Gasteiger partial charge in [0.1, 0.15) is 22.4 Å². The normalized spacial score (nSPS) is 59.6. The van der Waals surface area contributed by atoms with Crippen LogP contribution in [0.4, 0.5) is 0 Å². The Labute approximate surface area is 192 Å². The van der Waals surface area contributed by atoms with Crippen LogP contribution in [0.25, 0.3) is 0 Å². The molecule has 0 amide bonds. The van der Waals surface area contributed by atoms with Gasteiger partial charge < -0.3 is 29.9 Å². The molecule has 2 aliphatic heterocycles. The molecule has 4 saturated carbocycles. The minimum absolute atomic E-state index is 0.169. The highest BCUT2D eigenvalue weighted by atomic mass is 16.7. The molecule has 6 fully saturated rings. The maximum Gasteiger partial charge on any atom is 0.129 e. The van der Waals surface area contributed by atoms with Gasteiger partial charge in [0.05, 0.1) is 22.4 Å². The van der Waals surface area contributed by atoms with E-state index >= 15 is 0 Å². The second-order valence-corrected chi connectivity index (χ2v) is 12.9. The topological polar surface area (TPSA) is 106 Å². The highest BCUT2D eigenvalue weighted by Gasteiger charge is 2.87. The first-order valence-electron chi connectivity index (χ1n) is 12.9. The Morgan fingerprint density at radius 1 is 0.531 bits per heavy atom. The first-order chi connectivity index (χ1) is 14.6. The van der Waals surface area contributed by atoms with Crippen molar-refractivity contribution in [1.29, 1.82) is 0 Å². The van der Waals surface area contributed by atoms with Gasteiger partial charge in [-0.3, -0.25) is 0 Å². The zero-order valence-corrected chi connectivity index (χ0v) is 20.8. The molecule has 32 heavy (non-hydrogen) atoms. The van der Waals surface area contributed by atoms with Gasteiger partial charge in [0, 0.05) is 0 Å². The highest BCUT2D eigenvalue weighted by Crippen LogP contribution is 2.73. The summed E-state index contributed by atoms with van der Waals surface area (Å²) in [5.74, 6) is 0.337. The van der Waals surface area contributed by atoms with Crippen molar-refractivity contribution < 1.29 is 29.9 Å². The van der Waals surface area contributed by atoms with Gasteiger partial charge in [-0.2, -0.15) is 0 Å². The van der Waals surface area contributed by atoms with E-state index in [9.17, 15) is 20.4 Å². The van der Waals surface area contributed by atoms with Crippen molar-refractivity contribution in [1.82, 2.24) is 0 Å². The first-order valence-corrected chi connectivity index (χ1v) is 12.9. The third kappa shape index (κ3) is 2.29. The number of ether oxygens (including phenoxy) is 2. The van der Waals surface area contributed by atoms with Crippen LogP contribution in [0.3, 0.4) is 0 Å². The Bertz CT molecular complexity index is 750. The molecule has 0 aromatic carbocycles. The van der Waals surface area contributed by atoms with Gasteiger partial charge in [-0.1, -0.05) is 27.7 Å². The van der Waals surface area contributed by atoms with E-state index < -0.39 is 44.8 Å². The van der Waals surface area contributed by atoms with Gasteiger partial charge in [-0.25, -0.2) is 0 Å². The second-order valence-electron chi connectivity index (χ2n) is 12.9. The molecule has 6 rings (SSSR count). The summed E-state index contributed by atoms with van der Waals surface area (Å²) in [6.45, 7) is 12.1. The molecule has 2 saturated heterocycles. The molecule has 0 radical (unpaired) electrons. The predicted octanol–water partition coefficient (Wildman–Crippen LogP) is 3.22. The predicted molar refractivity (Wildman–Crippen MR) is 120 cm³/mol. The molecule has 6 aliphatic rings. The molecule has 6 heteroatoms. The van der Waals surface area contributed by atoms with Crippen molar-refractivity contribution in [2.45, 2.75) is 151 Å². The number of hydrogen-bond donors (Lipinski definition) is 4. The third-order valence-electron chi connectivity index (χ3n) is 11.4. The minimum Gasteiger partial charge on any atom is -0.387 e. The lowest BCUT2D eigenvalue weighted by Gasteiger charge is -2.46. The van der Waals surface area contributed by atoms with Crippen molar-refractivity contribution in [2.75, 3.05) is 0 Å². The zero-order valence-electron chi connectivity index (χ0n) is 20.8. The average Bonchev–Trinajstić information content (AvgIpc) is 3.44. The molecule has 8 atom stereocenters. The lowest BCUT2D eigenvalue weighted by atomic mass is 9.60. The Kier molecular flexibility index (Phi) is 4.63. The van der Waals surface area contributed by atoms with E-state index in [2.05, 4.69) is 0 Å². The largest absolute Gasteiger partial charge is 0.387 e. The molecular weight excluding hydrogens is 408 g/mol. The van der Waals surface area contributed by atoms with Crippen LogP contribution in [-0.2, 0) is 9.47 Å². The molecular formula is C26H44O6. The first kappa shape index (κ1) is 23.5. The molecule has 0 unspecified atom stereocenters. The monoisotopic (exact) mass is 452 g/mol. The van der Waals surface area contributed by atoms with E-state index in [1.807, 2.05) is 41.5 Å². The van der Waals surface area contributed by atoms with E-state index in [-0.39, 0.29) is 11.8 Å².